The van der Waals surface area contributed by atoms with Crippen molar-refractivity contribution in [2.75, 3.05) is 20.7 Å². The number of hydrogen-bond donors (Lipinski definition) is 0. The lowest BCUT2D eigenvalue weighted by Gasteiger charge is -2.14. The summed E-state index contributed by atoms with van der Waals surface area (Å²) in [6, 6.07) is 10.8. The number of esters is 1. The maximum absolute atomic E-state index is 12.6. The van der Waals surface area contributed by atoms with E-state index < -0.39 is 5.97 Å². The smallest absolute Gasteiger partial charge is 0.325 e. The second-order valence-electron chi connectivity index (χ2n) is 5.55. The number of ether oxygens (including phenoxy) is 1. The molecule has 2 aromatic rings. The summed E-state index contributed by atoms with van der Waals surface area (Å²) in [6.45, 7) is -0.232. The number of furan rings is 1. The number of hydrogen-bond acceptors (Lipinski definition) is 5. The van der Waals surface area contributed by atoms with Gasteiger partial charge in [-0.05, 0) is 48.6 Å². The molecule has 1 amide bonds. The Labute approximate surface area is 160 Å². The van der Waals surface area contributed by atoms with Crippen LogP contribution in [0.4, 0.5) is 0 Å². The second-order valence-corrected chi connectivity index (χ2v) is 6.35. The van der Waals surface area contributed by atoms with Crippen molar-refractivity contribution in [3.8, 4) is 11.3 Å². The van der Waals surface area contributed by atoms with Crippen LogP contribution in [0.15, 0.2) is 46.5 Å². The molecule has 0 atom stereocenters. The molecule has 2 heterocycles. The van der Waals surface area contributed by atoms with E-state index in [0.717, 1.165) is 5.56 Å². The van der Waals surface area contributed by atoms with Crippen molar-refractivity contribution in [2.45, 2.75) is 0 Å². The second kappa shape index (κ2) is 7.31. The molecule has 26 heavy (non-hydrogen) atoms. The Morgan fingerprint density at radius 2 is 1.96 bits per heavy atom. The predicted octanol–water partition coefficient (Wildman–Crippen LogP) is 3.17. The molecule has 1 aliphatic rings. The molecule has 1 aromatic carbocycles. The summed E-state index contributed by atoms with van der Waals surface area (Å²) in [7, 11) is 2.92. The van der Waals surface area contributed by atoms with Crippen LogP contribution < -0.4 is 0 Å². The molecule has 0 spiro atoms. The summed E-state index contributed by atoms with van der Waals surface area (Å²) >= 11 is 11.1. The number of thiocarbonyl (C=S) groups is 1. The Morgan fingerprint density at radius 1 is 1.27 bits per heavy atom. The van der Waals surface area contributed by atoms with E-state index in [0.29, 0.717) is 22.2 Å². The zero-order chi connectivity index (χ0) is 18.8. The molecule has 0 aliphatic carbocycles. The Bertz CT molecular complexity index is 904. The van der Waals surface area contributed by atoms with Gasteiger partial charge in [0.25, 0.3) is 5.91 Å². The molecule has 1 fully saturated rings. The van der Waals surface area contributed by atoms with Crippen molar-refractivity contribution >= 4 is 46.9 Å². The molecule has 0 bridgehead atoms. The first kappa shape index (κ1) is 18.2. The molecule has 1 aliphatic heterocycles. The first-order valence-electron chi connectivity index (χ1n) is 7.64. The summed E-state index contributed by atoms with van der Waals surface area (Å²) in [5.74, 6) is 0.217. The maximum Gasteiger partial charge on any atom is 0.325 e. The van der Waals surface area contributed by atoms with Crippen molar-refractivity contribution in [1.29, 1.82) is 0 Å². The van der Waals surface area contributed by atoms with Gasteiger partial charge in [0.2, 0.25) is 0 Å². The minimum Gasteiger partial charge on any atom is -0.468 e. The Morgan fingerprint density at radius 3 is 2.62 bits per heavy atom. The monoisotopic (exact) mass is 390 g/mol. The van der Waals surface area contributed by atoms with Crippen LogP contribution in [-0.4, -0.2) is 47.5 Å². The summed E-state index contributed by atoms with van der Waals surface area (Å²) in [5.41, 5.74) is 1.18. The number of carbonyl (C=O) groups is 2. The van der Waals surface area contributed by atoms with E-state index in [9.17, 15) is 9.59 Å². The number of benzene rings is 1. The summed E-state index contributed by atoms with van der Waals surface area (Å²) < 4.78 is 10.4. The Hall–Kier alpha value is -2.64. The zero-order valence-electron chi connectivity index (χ0n) is 14.1. The number of nitrogens with zero attached hydrogens (tertiary/aromatic N) is 2. The lowest BCUT2D eigenvalue weighted by atomic mass is 10.2. The molecule has 8 heteroatoms. The van der Waals surface area contributed by atoms with Crippen molar-refractivity contribution in [3.05, 3.63) is 52.9 Å². The van der Waals surface area contributed by atoms with Crippen LogP contribution in [-0.2, 0) is 14.3 Å². The molecule has 0 unspecified atom stereocenters. The molecule has 6 nitrogen and oxygen atoms in total. The van der Waals surface area contributed by atoms with E-state index in [2.05, 4.69) is 4.74 Å². The summed E-state index contributed by atoms with van der Waals surface area (Å²) in [6.07, 6.45) is 1.59. The van der Waals surface area contributed by atoms with Gasteiger partial charge in [-0.25, -0.2) is 0 Å². The zero-order valence-corrected chi connectivity index (χ0v) is 15.6. The van der Waals surface area contributed by atoms with E-state index in [1.54, 1.807) is 37.4 Å². The van der Waals surface area contributed by atoms with Crippen molar-refractivity contribution in [2.24, 2.45) is 0 Å². The first-order valence-corrected chi connectivity index (χ1v) is 8.43. The van der Waals surface area contributed by atoms with Crippen LogP contribution in [0.1, 0.15) is 5.76 Å². The average Bonchev–Trinajstić information content (AvgIpc) is 3.17. The minimum atomic E-state index is -0.543. The molecular weight excluding hydrogens is 376 g/mol. The highest BCUT2D eigenvalue weighted by molar-refractivity contribution is 7.80. The third-order valence-corrected chi connectivity index (χ3v) is 4.64. The number of halogens is 1. The highest BCUT2D eigenvalue weighted by Crippen LogP contribution is 2.27. The van der Waals surface area contributed by atoms with E-state index in [4.69, 9.17) is 28.2 Å². The predicted molar refractivity (Wildman–Crippen MR) is 101 cm³/mol. The lowest BCUT2D eigenvalue weighted by Crippen LogP contribution is -2.36. The topological polar surface area (TPSA) is 63.0 Å². The Balaban J connectivity index is 1.85. The fraction of sp³-hybridized carbons (Fsp3) is 0.167. The molecule has 0 saturated carbocycles. The summed E-state index contributed by atoms with van der Waals surface area (Å²) in [4.78, 5) is 26.8. The average molecular weight is 391 g/mol. The van der Waals surface area contributed by atoms with Gasteiger partial charge in [0.15, 0.2) is 5.11 Å². The van der Waals surface area contributed by atoms with Gasteiger partial charge in [-0.3, -0.25) is 14.5 Å². The van der Waals surface area contributed by atoms with Crippen molar-refractivity contribution < 1.29 is 18.7 Å². The summed E-state index contributed by atoms with van der Waals surface area (Å²) in [5, 5.41) is 0.871. The highest BCUT2D eigenvalue weighted by atomic mass is 35.5. The van der Waals surface area contributed by atoms with Gasteiger partial charge >= 0.3 is 5.97 Å². The number of likely N-dealkylation sites (N-methyl/N-ethyl adjacent to an activating group) is 1. The van der Waals surface area contributed by atoms with Crippen LogP contribution in [0.2, 0.25) is 5.02 Å². The van der Waals surface area contributed by atoms with E-state index in [1.807, 2.05) is 12.1 Å². The van der Waals surface area contributed by atoms with Gasteiger partial charge in [0, 0.05) is 23.7 Å². The van der Waals surface area contributed by atoms with Crippen LogP contribution >= 0.6 is 23.8 Å². The van der Waals surface area contributed by atoms with Gasteiger partial charge < -0.3 is 14.1 Å². The molecule has 1 aromatic heterocycles. The van der Waals surface area contributed by atoms with Gasteiger partial charge in [-0.2, -0.15) is 0 Å². The normalized spacial score (nSPS) is 15.9. The highest BCUT2D eigenvalue weighted by Gasteiger charge is 2.37. The van der Waals surface area contributed by atoms with Gasteiger partial charge in [-0.15, -0.1) is 0 Å². The third-order valence-electron chi connectivity index (χ3n) is 3.89. The van der Waals surface area contributed by atoms with Crippen molar-refractivity contribution in [3.63, 3.8) is 0 Å². The van der Waals surface area contributed by atoms with Gasteiger partial charge in [-0.1, -0.05) is 11.6 Å². The quantitative estimate of drug-likeness (QED) is 0.454. The largest absolute Gasteiger partial charge is 0.468 e. The van der Waals surface area contributed by atoms with E-state index in [1.165, 1.54) is 16.9 Å². The number of methoxy groups -OCH3 is 1. The van der Waals surface area contributed by atoms with Crippen LogP contribution in [0.25, 0.3) is 17.4 Å². The molecule has 1 saturated heterocycles. The van der Waals surface area contributed by atoms with Gasteiger partial charge in [0.1, 0.15) is 23.8 Å². The molecule has 3 rings (SSSR count). The third kappa shape index (κ3) is 3.49. The molecule has 0 N–H and O–H groups in total. The fourth-order valence-corrected chi connectivity index (χ4v) is 2.85. The number of rotatable bonds is 4. The molecule has 134 valence electrons. The molecular formula is C18H15ClN2O4S. The van der Waals surface area contributed by atoms with Gasteiger partial charge in [0.05, 0.1) is 7.11 Å². The fourth-order valence-electron chi connectivity index (χ4n) is 2.48. The van der Waals surface area contributed by atoms with Crippen LogP contribution in [0, 0.1) is 0 Å². The SMILES string of the molecule is COC(=O)CN1C(=O)/C(=C/c2ccc(-c3ccc(Cl)cc3)o2)N(C)C1=S. The van der Waals surface area contributed by atoms with Crippen LogP contribution in [0.3, 0.4) is 0 Å². The number of amides is 1. The lowest BCUT2D eigenvalue weighted by molar-refractivity contribution is -0.143. The van der Waals surface area contributed by atoms with Crippen LogP contribution in [0.5, 0.6) is 0 Å². The van der Waals surface area contributed by atoms with E-state index >= 15 is 0 Å². The first-order chi connectivity index (χ1) is 12.4. The maximum atomic E-state index is 12.6. The van der Waals surface area contributed by atoms with Crippen molar-refractivity contribution in [1.82, 2.24) is 9.80 Å². The number of carbonyl (C=O) groups excluding carboxylic acids is 2. The molecule has 0 radical (unpaired) electrons. The minimum absolute atomic E-state index is 0.232. The van der Waals surface area contributed by atoms with E-state index in [-0.39, 0.29) is 17.6 Å². The standard InChI is InChI=1S/C18H15ClN2O4S/c1-20-14(17(23)21(18(20)26)10-16(22)24-2)9-13-7-8-15(25-13)11-3-5-12(19)6-4-11/h3-9H,10H2,1-2H3/b14-9-. The Kier molecular flexibility index (Phi) is 5.11.